The van der Waals surface area contributed by atoms with E-state index < -0.39 is 5.97 Å². The molecule has 1 aromatic heterocycles. The number of aryl methyl sites for hydroxylation is 1. The van der Waals surface area contributed by atoms with E-state index in [0.29, 0.717) is 23.6 Å². The molecular formula is C24H26N2O3. The Morgan fingerprint density at radius 3 is 2.72 bits per heavy atom. The average Bonchev–Trinajstić information content (AvgIpc) is 3.17. The molecule has 0 radical (unpaired) electrons. The largest absolute Gasteiger partial charge is 0.481 e. The maximum atomic E-state index is 10.6. The third-order valence-electron chi connectivity index (χ3n) is 5.72. The molecule has 1 aliphatic carbocycles. The molecule has 3 aromatic rings. The number of rotatable bonds is 6. The van der Waals surface area contributed by atoms with Crippen molar-refractivity contribution in [3.8, 4) is 22.8 Å². The van der Waals surface area contributed by atoms with Gasteiger partial charge in [-0.15, -0.1) is 0 Å². The Kier molecular flexibility index (Phi) is 5.22. The minimum atomic E-state index is -0.757. The molecule has 1 aliphatic rings. The molecule has 0 saturated carbocycles. The maximum Gasteiger partial charge on any atom is 0.303 e. The number of hydrogen-bond donors (Lipinski definition) is 1. The summed E-state index contributed by atoms with van der Waals surface area (Å²) in [6.45, 7) is 4.64. The topological polar surface area (TPSA) is 76.2 Å². The first-order valence-corrected chi connectivity index (χ1v) is 10.2. The first-order chi connectivity index (χ1) is 13.9. The molecule has 0 bridgehead atoms. The molecule has 5 heteroatoms. The van der Waals surface area contributed by atoms with Gasteiger partial charge in [0.15, 0.2) is 0 Å². The number of benzene rings is 2. The SMILES string of the molecule is CC1(C)CCc2c(cccc2-c2nc(-c3ccc(CCCC(=O)O)cc3)no2)C1. The van der Waals surface area contributed by atoms with E-state index in [4.69, 9.17) is 9.63 Å². The Hall–Kier alpha value is -2.95. The summed E-state index contributed by atoms with van der Waals surface area (Å²) in [5, 5.41) is 12.9. The standard InChI is InChI=1S/C24H26N2O3/c1-24(2)14-13-19-18(15-24)6-4-7-20(19)23-25-22(26-29-23)17-11-9-16(10-12-17)5-3-8-21(27)28/h4,6-7,9-12H,3,5,8,13-15H2,1-2H3,(H,27,28). The summed E-state index contributed by atoms with van der Waals surface area (Å²) in [7, 11) is 0. The smallest absolute Gasteiger partial charge is 0.303 e. The molecule has 0 saturated heterocycles. The van der Waals surface area contributed by atoms with Crippen molar-refractivity contribution in [2.45, 2.75) is 52.4 Å². The summed E-state index contributed by atoms with van der Waals surface area (Å²) in [5.74, 6) is 0.389. The van der Waals surface area contributed by atoms with Crippen LogP contribution in [-0.4, -0.2) is 21.2 Å². The van der Waals surface area contributed by atoms with Crippen molar-refractivity contribution in [1.29, 1.82) is 0 Å². The van der Waals surface area contributed by atoms with Crippen molar-refractivity contribution in [1.82, 2.24) is 10.1 Å². The molecule has 4 rings (SSSR count). The molecule has 0 unspecified atom stereocenters. The van der Waals surface area contributed by atoms with Gasteiger partial charge in [0.05, 0.1) is 0 Å². The molecule has 0 atom stereocenters. The summed E-state index contributed by atoms with van der Waals surface area (Å²) in [6, 6.07) is 14.3. The van der Waals surface area contributed by atoms with Crippen LogP contribution in [0.15, 0.2) is 47.0 Å². The number of fused-ring (bicyclic) bond motifs is 1. The van der Waals surface area contributed by atoms with Crippen molar-refractivity contribution in [2.75, 3.05) is 0 Å². The molecule has 0 aliphatic heterocycles. The fourth-order valence-electron chi connectivity index (χ4n) is 4.08. The Bertz CT molecular complexity index is 1020. The predicted octanol–water partition coefficient (Wildman–Crippen LogP) is 5.33. The zero-order chi connectivity index (χ0) is 20.4. The van der Waals surface area contributed by atoms with Gasteiger partial charge in [-0.1, -0.05) is 55.4 Å². The van der Waals surface area contributed by atoms with Gasteiger partial charge in [0.1, 0.15) is 0 Å². The minimum absolute atomic E-state index is 0.189. The van der Waals surface area contributed by atoms with Gasteiger partial charge >= 0.3 is 5.97 Å². The van der Waals surface area contributed by atoms with Gasteiger partial charge in [-0.25, -0.2) is 0 Å². The molecule has 0 fully saturated rings. The van der Waals surface area contributed by atoms with Crippen molar-refractivity contribution < 1.29 is 14.4 Å². The second-order valence-corrected chi connectivity index (χ2v) is 8.65. The lowest BCUT2D eigenvalue weighted by Crippen LogP contribution is -2.22. The minimum Gasteiger partial charge on any atom is -0.481 e. The van der Waals surface area contributed by atoms with E-state index in [-0.39, 0.29) is 6.42 Å². The zero-order valence-corrected chi connectivity index (χ0v) is 16.9. The number of carbonyl (C=O) groups is 1. The summed E-state index contributed by atoms with van der Waals surface area (Å²) in [4.78, 5) is 15.3. The quantitative estimate of drug-likeness (QED) is 0.616. The van der Waals surface area contributed by atoms with Crippen LogP contribution < -0.4 is 0 Å². The fraction of sp³-hybridized carbons (Fsp3) is 0.375. The highest BCUT2D eigenvalue weighted by Crippen LogP contribution is 2.38. The normalized spacial score (nSPS) is 15.1. The second kappa shape index (κ2) is 7.82. The van der Waals surface area contributed by atoms with E-state index in [0.717, 1.165) is 42.4 Å². The molecule has 5 nitrogen and oxygen atoms in total. The van der Waals surface area contributed by atoms with E-state index >= 15 is 0 Å². The van der Waals surface area contributed by atoms with Gasteiger partial charge in [-0.3, -0.25) is 4.79 Å². The zero-order valence-electron chi connectivity index (χ0n) is 16.9. The average molecular weight is 390 g/mol. The van der Waals surface area contributed by atoms with E-state index in [9.17, 15) is 4.79 Å². The number of aliphatic carboxylic acids is 1. The van der Waals surface area contributed by atoms with Crippen LogP contribution in [-0.2, 0) is 24.1 Å². The van der Waals surface area contributed by atoms with E-state index in [1.165, 1.54) is 11.1 Å². The highest BCUT2D eigenvalue weighted by Gasteiger charge is 2.27. The molecule has 1 heterocycles. The van der Waals surface area contributed by atoms with Crippen LogP contribution in [0.2, 0.25) is 0 Å². The molecule has 29 heavy (non-hydrogen) atoms. The summed E-state index contributed by atoms with van der Waals surface area (Å²) in [5.41, 5.74) is 6.09. The van der Waals surface area contributed by atoms with Crippen LogP contribution in [0, 0.1) is 5.41 Å². The van der Waals surface area contributed by atoms with Gasteiger partial charge in [0, 0.05) is 17.5 Å². The molecular weight excluding hydrogens is 364 g/mol. The Balaban J connectivity index is 1.53. The lowest BCUT2D eigenvalue weighted by Gasteiger charge is -2.31. The van der Waals surface area contributed by atoms with Crippen LogP contribution in [0.1, 0.15) is 49.8 Å². The number of carboxylic acid groups (broad SMARTS) is 1. The summed E-state index contributed by atoms with van der Waals surface area (Å²) >= 11 is 0. The van der Waals surface area contributed by atoms with E-state index in [2.05, 4.69) is 42.2 Å². The lowest BCUT2D eigenvalue weighted by molar-refractivity contribution is -0.137. The van der Waals surface area contributed by atoms with Crippen molar-refractivity contribution in [2.24, 2.45) is 5.41 Å². The summed E-state index contributed by atoms with van der Waals surface area (Å²) < 4.78 is 5.62. The van der Waals surface area contributed by atoms with Crippen LogP contribution in [0.3, 0.4) is 0 Å². The van der Waals surface area contributed by atoms with Crippen molar-refractivity contribution in [3.63, 3.8) is 0 Å². The Labute approximate surface area is 170 Å². The third-order valence-corrected chi connectivity index (χ3v) is 5.72. The highest BCUT2D eigenvalue weighted by molar-refractivity contribution is 5.66. The number of aromatic nitrogens is 2. The first kappa shape index (κ1) is 19.4. The van der Waals surface area contributed by atoms with E-state index in [1.54, 1.807) is 0 Å². The maximum absolute atomic E-state index is 10.6. The number of nitrogens with zero attached hydrogens (tertiary/aromatic N) is 2. The Morgan fingerprint density at radius 1 is 1.17 bits per heavy atom. The van der Waals surface area contributed by atoms with Gasteiger partial charge in [-0.05, 0) is 60.3 Å². The fourth-order valence-corrected chi connectivity index (χ4v) is 4.08. The van der Waals surface area contributed by atoms with Crippen LogP contribution in [0.4, 0.5) is 0 Å². The first-order valence-electron chi connectivity index (χ1n) is 10.2. The van der Waals surface area contributed by atoms with Gasteiger partial charge in [0.25, 0.3) is 5.89 Å². The monoisotopic (exact) mass is 390 g/mol. The van der Waals surface area contributed by atoms with Crippen molar-refractivity contribution >= 4 is 5.97 Å². The van der Waals surface area contributed by atoms with Gasteiger partial charge in [0.2, 0.25) is 5.82 Å². The number of carboxylic acids is 1. The van der Waals surface area contributed by atoms with Crippen molar-refractivity contribution in [3.05, 3.63) is 59.2 Å². The number of hydrogen-bond acceptors (Lipinski definition) is 4. The second-order valence-electron chi connectivity index (χ2n) is 8.65. The third kappa shape index (κ3) is 4.39. The van der Waals surface area contributed by atoms with Crippen LogP contribution >= 0.6 is 0 Å². The molecule has 2 aromatic carbocycles. The van der Waals surface area contributed by atoms with Gasteiger partial charge < -0.3 is 9.63 Å². The van der Waals surface area contributed by atoms with Crippen LogP contribution in [0.5, 0.6) is 0 Å². The summed E-state index contributed by atoms with van der Waals surface area (Å²) in [6.07, 6.45) is 4.82. The molecule has 0 spiro atoms. The van der Waals surface area contributed by atoms with E-state index in [1.807, 2.05) is 24.3 Å². The Morgan fingerprint density at radius 2 is 1.97 bits per heavy atom. The molecule has 0 amide bonds. The lowest BCUT2D eigenvalue weighted by atomic mass is 9.73. The predicted molar refractivity (Wildman–Crippen MR) is 112 cm³/mol. The van der Waals surface area contributed by atoms with Gasteiger partial charge in [-0.2, -0.15) is 4.98 Å². The van der Waals surface area contributed by atoms with Crippen LogP contribution in [0.25, 0.3) is 22.8 Å². The highest BCUT2D eigenvalue weighted by atomic mass is 16.5. The molecule has 1 N–H and O–H groups in total. The molecule has 150 valence electrons.